The molecule has 0 radical (unpaired) electrons. The fourth-order valence-corrected chi connectivity index (χ4v) is 5.74. The Labute approximate surface area is 193 Å². The van der Waals surface area contributed by atoms with E-state index in [0.29, 0.717) is 12.5 Å². The Morgan fingerprint density at radius 3 is 2.62 bits per heavy atom. The Kier molecular flexibility index (Phi) is 7.56. The van der Waals surface area contributed by atoms with Crippen molar-refractivity contribution in [3.8, 4) is 5.75 Å². The van der Waals surface area contributed by atoms with Gasteiger partial charge in [-0.1, -0.05) is 24.4 Å². The van der Waals surface area contributed by atoms with Gasteiger partial charge in [0.05, 0.1) is 29.4 Å². The van der Waals surface area contributed by atoms with Gasteiger partial charge < -0.3 is 14.8 Å². The van der Waals surface area contributed by atoms with Gasteiger partial charge in [-0.3, -0.25) is 4.79 Å². The molecule has 2 aliphatic heterocycles. The molecular formula is C21H29ClFN3O5S. The molecule has 32 heavy (non-hydrogen) atoms. The molecule has 1 atom stereocenters. The largest absolute Gasteiger partial charge is 0.492 e. The van der Waals surface area contributed by atoms with Crippen LogP contribution in [-0.2, 0) is 14.9 Å². The number of carbonyl (C=O) groups is 1. The van der Waals surface area contributed by atoms with Crippen LogP contribution < -0.4 is 14.8 Å². The highest BCUT2D eigenvalue weighted by Gasteiger charge is 2.39. The molecule has 3 fully saturated rings. The molecule has 0 aromatic heterocycles. The zero-order valence-corrected chi connectivity index (χ0v) is 19.4. The molecule has 11 heteroatoms. The molecule has 2 heterocycles. The zero-order valence-electron chi connectivity index (χ0n) is 17.8. The van der Waals surface area contributed by atoms with Crippen LogP contribution in [0.3, 0.4) is 0 Å². The topological polar surface area (TPSA) is 97.0 Å². The predicted octanol–water partition coefficient (Wildman–Crippen LogP) is 2.48. The standard InChI is InChI=1S/C21H29ClFN3O5S/c22-18-8-17(19(23)9-20(18)30-13-14-4-1-2-5-14)21(27)25-32(28,29)26-11-16(12-26)31-15-6-3-7-24-10-15/h8-9,14-16,24H,1-7,10-13H2,(H,25,27). The summed E-state index contributed by atoms with van der Waals surface area (Å²) in [5.41, 5.74) is -0.451. The summed E-state index contributed by atoms with van der Waals surface area (Å²) in [6.07, 6.45) is 6.27. The molecule has 0 bridgehead atoms. The van der Waals surface area contributed by atoms with Gasteiger partial charge in [0.15, 0.2) is 0 Å². The predicted molar refractivity (Wildman–Crippen MR) is 118 cm³/mol. The Morgan fingerprint density at radius 1 is 1.19 bits per heavy atom. The van der Waals surface area contributed by atoms with Crippen molar-refractivity contribution in [3.05, 3.63) is 28.5 Å². The summed E-state index contributed by atoms with van der Waals surface area (Å²) in [7, 11) is -4.11. The van der Waals surface area contributed by atoms with Gasteiger partial charge in [0.2, 0.25) is 0 Å². The maximum Gasteiger partial charge on any atom is 0.304 e. The zero-order chi connectivity index (χ0) is 22.7. The Hall–Kier alpha value is -1.46. The molecule has 3 aliphatic rings. The molecule has 8 nitrogen and oxygen atoms in total. The first-order valence-corrected chi connectivity index (χ1v) is 12.9. The van der Waals surface area contributed by atoms with E-state index in [1.54, 1.807) is 0 Å². The highest BCUT2D eigenvalue weighted by Crippen LogP contribution is 2.31. The van der Waals surface area contributed by atoms with Crippen LogP contribution in [0.15, 0.2) is 12.1 Å². The number of hydrogen-bond acceptors (Lipinski definition) is 6. The van der Waals surface area contributed by atoms with Gasteiger partial charge >= 0.3 is 10.2 Å². The highest BCUT2D eigenvalue weighted by molar-refractivity contribution is 7.87. The van der Waals surface area contributed by atoms with E-state index in [9.17, 15) is 17.6 Å². The molecule has 1 aromatic rings. The van der Waals surface area contributed by atoms with Gasteiger partial charge in [0, 0.05) is 25.7 Å². The molecule has 1 aliphatic carbocycles. The molecule has 1 unspecified atom stereocenters. The maximum atomic E-state index is 14.5. The average Bonchev–Trinajstić information content (AvgIpc) is 3.24. The van der Waals surface area contributed by atoms with Gasteiger partial charge in [-0.2, -0.15) is 12.7 Å². The third kappa shape index (κ3) is 5.72. The summed E-state index contributed by atoms with van der Waals surface area (Å²) in [5, 5.41) is 3.30. The van der Waals surface area contributed by atoms with Crippen LogP contribution in [-0.4, -0.2) is 63.6 Å². The van der Waals surface area contributed by atoms with E-state index in [4.69, 9.17) is 21.1 Å². The van der Waals surface area contributed by atoms with Crippen molar-refractivity contribution in [1.29, 1.82) is 0 Å². The van der Waals surface area contributed by atoms with Crippen molar-refractivity contribution in [2.24, 2.45) is 5.92 Å². The maximum absolute atomic E-state index is 14.5. The SMILES string of the molecule is O=C(NS(=O)(=O)N1CC(OC2CCCNC2)C1)c1cc(Cl)c(OCC2CCCC2)cc1F. The van der Waals surface area contributed by atoms with Gasteiger partial charge in [-0.25, -0.2) is 9.11 Å². The fourth-order valence-electron chi connectivity index (χ4n) is 4.33. The van der Waals surface area contributed by atoms with Crippen LogP contribution in [0.25, 0.3) is 0 Å². The Morgan fingerprint density at radius 2 is 1.94 bits per heavy atom. The lowest BCUT2D eigenvalue weighted by molar-refractivity contribution is -0.0729. The highest BCUT2D eigenvalue weighted by atomic mass is 35.5. The first kappa shape index (κ1) is 23.7. The number of halogens is 2. The number of piperidine rings is 1. The average molecular weight is 490 g/mol. The summed E-state index contributed by atoms with van der Waals surface area (Å²) in [6.45, 7) is 2.45. The second kappa shape index (κ2) is 10.2. The molecule has 178 valence electrons. The molecule has 0 spiro atoms. The lowest BCUT2D eigenvalue weighted by atomic mass is 10.1. The second-order valence-corrected chi connectivity index (χ2v) is 10.8. The minimum Gasteiger partial charge on any atom is -0.492 e. The third-order valence-electron chi connectivity index (χ3n) is 6.23. The minimum atomic E-state index is -4.11. The second-order valence-electron chi connectivity index (χ2n) is 8.70. The Bertz CT molecular complexity index is 930. The molecule has 1 amide bonds. The van der Waals surface area contributed by atoms with Gasteiger partial charge in [0.25, 0.3) is 5.91 Å². The van der Waals surface area contributed by atoms with Crippen LogP contribution >= 0.6 is 11.6 Å². The number of nitrogens with one attached hydrogen (secondary N) is 2. The Balaban J connectivity index is 1.31. The summed E-state index contributed by atoms with van der Waals surface area (Å²) in [6, 6.07) is 2.13. The van der Waals surface area contributed by atoms with E-state index in [1.165, 1.54) is 0 Å². The van der Waals surface area contributed by atoms with Crippen molar-refractivity contribution in [2.45, 2.75) is 50.7 Å². The van der Waals surface area contributed by atoms with Crippen molar-refractivity contribution >= 4 is 27.7 Å². The number of hydrogen-bond donors (Lipinski definition) is 2. The molecular weight excluding hydrogens is 461 g/mol. The summed E-state index contributed by atoms with van der Waals surface area (Å²) >= 11 is 6.16. The van der Waals surface area contributed by atoms with E-state index in [1.807, 2.05) is 4.72 Å². The number of carbonyl (C=O) groups excluding carboxylic acids is 1. The van der Waals surface area contributed by atoms with Crippen molar-refractivity contribution in [3.63, 3.8) is 0 Å². The van der Waals surface area contributed by atoms with Crippen molar-refractivity contribution < 1.29 is 27.1 Å². The normalized spacial score (nSPS) is 23.1. The fraction of sp³-hybridized carbons (Fsp3) is 0.667. The molecule has 1 saturated carbocycles. The van der Waals surface area contributed by atoms with Crippen LogP contribution in [0.4, 0.5) is 4.39 Å². The first-order valence-electron chi connectivity index (χ1n) is 11.1. The van der Waals surface area contributed by atoms with Crippen LogP contribution in [0, 0.1) is 11.7 Å². The molecule has 2 saturated heterocycles. The van der Waals surface area contributed by atoms with E-state index in [2.05, 4.69) is 5.32 Å². The monoisotopic (exact) mass is 489 g/mol. The van der Waals surface area contributed by atoms with E-state index >= 15 is 0 Å². The van der Waals surface area contributed by atoms with E-state index in [-0.39, 0.29) is 36.1 Å². The quantitative estimate of drug-likeness (QED) is 0.582. The number of rotatable bonds is 8. The van der Waals surface area contributed by atoms with Gasteiger partial charge in [-0.05, 0) is 44.2 Å². The number of benzene rings is 1. The number of nitrogens with zero attached hydrogens (tertiary/aromatic N) is 1. The van der Waals surface area contributed by atoms with E-state index in [0.717, 1.165) is 68.1 Å². The van der Waals surface area contributed by atoms with Gasteiger partial charge in [0.1, 0.15) is 11.6 Å². The van der Waals surface area contributed by atoms with Crippen molar-refractivity contribution in [2.75, 3.05) is 32.8 Å². The summed E-state index contributed by atoms with van der Waals surface area (Å²) in [5.74, 6) is -1.40. The van der Waals surface area contributed by atoms with Crippen LogP contribution in [0.2, 0.25) is 5.02 Å². The molecule has 1 aromatic carbocycles. The van der Waals surface area contributed by atoms with Crippen LogP contribution in [0.5, 0.6) is 5.75 Å². The third-order valence-corrected chi connectivity index (χ3v) is 7.94. The lowest BCUT2D eigenvalue weighted by Crippen LogP contribution is -2.59. The summed E-state index contributed by atoms with van der Waals surface area (Å²) < 4.78 is 54.0. The number of amides is 1. The number of ether oxygens (including phenoxy) is 2. The smallest absolute Gasteiger partial charge is 0.304 e. The minimum absolute atomic E-state index is 0.0606. The molecule has 2 N–H and O–H groups in total. The first-order chi connectivity index (χ1) is 15.3. The van der Waals surface area contributed by atoms with E-state index < -0.39 is 27.5 Å². The van der Waals surface area contributed by atoms with Gasteiger partial charge in [-0.15, -0.1) is 0 Å². The molecule has 4 rings (SSSR count). The van der Waals surface area contributed by atoms with Crippen LogP contribution in [0.1, 0.15) is 48.9 Å². The summed E-state index contributed by atoms with van der Waals surface area (Å²) in [4.78, 5) is 12.5. The lowest BCUT2D eigenvalue weighted by Gasteiger charge is -2.40. The van der Waals surface area contributed by atoms with Crippen molar-refractivity contribution in [1.82, 2.24) is 14.3 Å².